The molecule has 2 unspecified atom stereocenters. The average Bonchev–Trinajstić information content (AvgIpc) is 3.01. The number of piperidine rings is 1. The molecular weight excluding hydrogens is 335 g/mol. The molecule has 2 saturated heterocycles. The van der Waals surface area contributed by atoms with Crippen molar-refractivity contribution in [3.63, 3.8) is 0 Å². The first kappa shape index (κ1) is 15.0. The number of likely N-dealkylation sites (tertiary alicyclic amines) is 1. The second kappa shape index (κ2) is 6.44. The molecular formula is C16H20BrFN2O. The fourth-order valence-electron chi connectivity index (χ4n) is 3.51. The first-order chi connectivity index (χ1) is 10.2. The number of amides is 1. The fourth-order valence-corrected chi connectivity index (χ4v) is 4.03. The van der Waals surface area contributed by atoms with Gasteiger partial charge >= 0.3 is 0 Å². The maximum atomic E-state index is 14.1. The van der Waals surface area contributed by atoms with Crippen molar-refractivity contribution in [2.75, 3.05) is 13.1 Å². The van der Waals surface area contributed by atoms with E-state index in [9.17, 15) is 9.18 Å². The van der Waals surface area contributed by atoms with E-state index in [1.54, 1.807) is 12.1 Å². The molecule has 114 valence electrons. The maximum Gasteiger partial charge on any atom is 0.258 e. The Balaban J connectivity index is 1.87. The van der Waals surface area contributed by atoms with Gasteiger partial charge in [-0.1, -0.05) is 6.07 Å². The quantitative estimate of drug-likeness (QED) is 0.883. The second-order valence-corrected chi connectivity index (χ2v) is 6.72. The number of nitrogens with one attached hydrogen (secondary N) is 1. The average molecular weight is 355 g/mol. The molecule has 2 heterocycles. The van der Waals surface area contributed by atoms with E-state index in [1.165, 1.54) is 6.07 Å². The maximum absolute atomic E-state index is 14.1. The van der Waals surface area contributed by atoms with Crippen LogP contribution in [0.15, 0.2) is 22.7 Å². The first-order valence-corrected chi connectivity index (χ1v) is 8.46. The van der Waals surface area contributed by atoms with Gasteiger partial charge < -0.3 is 10.2 Å². The normalized spacial score (nSPS) is 26.1. The number of nitrogens with zero attached hydrogens (tertiary/aromatic N) is 1. The highest BCUT2D eigenvalue weighted by Gasteiger charge is 2.35. The van der Waals surface area contributed by atoms with E-state index in [0.29, 0.717) is 10.5 Å². The zero-order valence-corrected chi connectivity index (χ0v) is 13.5. The smallest absolute Gasteiger partial charge is 0.258 e. The molecule has 0 aromatic heterocycles. The minimum absolute atomic E-state index is 0.169. The van der Waals surface area contributed by atoms with Crippen molar-refractivity contribution in [1.29, 1.82) is 0 Å². The Morgan fingerprint density at radius 1 is 1.29 bits per heavy atom. The van der Waals surface area contributed by atoms with Crippen LogP contribution in [0.5, 0.6) is 0 Å². The lowest BCUT2D eigenvalue weighted by Crippen LogP contribution is -2.52. The lowest BCUT2D eigenvalue weighted by atomic mass is 9.93. The van der Waals surface area contributed by atoms with E-state index in [1.807, 2.05) is 4.90 Å². The molecule has 1 aromatic carbocycles. The van der Waals surface area contributed by atoms with Crippen molar-refractivity contribution in [2.24, 2.45) is 0 Å². The number of halogens is 2. The van der Waals surface area contributed by atoms with Crippen LogP contribution >= 0.6 is 15.9 Å². The van der Waals surface area contributed by atoms with Gasteiger partial charge in [0.15, 0.2) is 0 Å². The molecule has 0 saturated carbocycles. The van der Waals surface area contributed by atoms with E-state index < -0.39 is 5.82 Å². The summed E-state index contributed by atoms with van der Waals surface area (Å²) in [6, 6.07) is 5.25. The number of benzene rings is 1. The summed E-state index contributed by atoms with van der Waals surface area (Å²) in [4.78, 5) is 14.7. The number of hydrogen-bond donors (Lipinski definition) is 1. The molecule has 0 bridgehead atoms. The first-order valence-electron chi connectivity index (χ1n) is 7.67. The molecule has 2 aliphatic rings. The number of carbonyl (C=O) groups excluding carboxylic acids is 1. The molecule has 1 amide bonds. The number of hydrogen-bond acceptors (Lipinski definition) is 2. The minimum Gasteiger partial charge on any atom is -0.334 e. The van der Waals surface area contributed by atoms with Gasteiger partial charge in [-0.05, 0) is 66.7 Å². The van der Waals surface area contributed by atoms with Gasteiger partial charge in [-0.15, -0.1) is 0 Å². The topological polar surface area (TPSA) is 32.3 Å². The molecule has 3 nitrogen and oxygen atoms in total. The standard InChI is InChI=1S/C16H20BrFN2O/c17-11-5-3-6-12(18)15(11)16(21)20-10-2-1-8-14(20)13-7-4-9-19-13/h3,5-6,13-14,19H,1-2,4,7-10H2. The Kier molecular flexibility index (Phi) is 4.60. The van der Waals surface area contributed by atoms with Crippen molar-refractivity contribution in [1.82, 2.24) is 10.2 Å². The van der Waals surface area contributed by atoms with E-state index in [0.717, 1.165) is 45.2 Å². The summed E-state index contributed by atoms with van der Waals surface area (Å²) < 4.78 is 14.6. The van der Waals surface area contributed by atoms with Gasteiger partial charge in [0, 0.05) is 23.1 Å². The summed E-state index contributed by atoms with van der Waals surface area (Å²) in [6.07, 6.45) is 5.42. The van der Waals surface area contributed by atoms with Gasteiger partial charge in [-0.3, -0.25) is 4.79 Å². The van der Waals surface area contributed by atoms with Crippen LogP contribution in [-0.4, -0.2) is 36.0 Å². The SMILES string of the molecule is O=C(c1c(F)cccc1Br)N1CCCCC1C1CCCN1. The fraction of sp³-hybridized carbons (Fsp3) is 0.562. The van der Waals surface area contributed by atoms with E-state index in [4.69, 9.17) is 0 Å². The number of carbonyl (C=O) groups is 1. The Labute approximate surface area is 133 Å². The van der Waals surface area contributed by atoms with Crippen LogP contribution < -0.4 is 5.32 Å². The summed E-state index contributed by atoms with van der Waals surface area (Å²) in [5, 5.41) is 3.49. The predicted octanol–water partition coefficient (Wildman–Crippen LogP) is 3.33. The summed E-state index contributed by atoms with van der Waals surface area (Å²) in [7, 11) is 0. The molecule has 2 aliphatic heterocycles. The van der Waals surface area contributed by atoms with Crippen LogP contribution in [0.4, 0.5) is 4.39 Å². The van der Waals surface area contributed by atoms with E-state index >= 15 is 0 Å². The molecule has 2 atom stereocenters. The van der Waals surface area contributed by atoms with Crippen molar-refractivity contribution in [2.45, 2.75) is 44.2 Å². The van der Waals surface area contributed by atoms with Crippen LogP contribution in [0.2, 0.25) is 0 Å². The molecule has 2 fully saturated rings. The molecule has 1 aromatic rings. The predicted molar refractivity (Wildman–Crippen MR) is 83.8 cm³/mol. The molecule has 0 aliphatic carbocycles. The number of rotatable bonds is 2. The van der Waals surface area contributed by atoms with E-state index in [-0.39, 0.29) is 17.5 Å². The van der Waals surface area contributed by atoms with E-state index in [2.05, 4.69) is 21.2 Å². The zero-order valence-electron chi connectivity index (χ0n) is 11.9. The largest absolute Gasteiger partial charge is 0.334 e. The van der Waals surface area contributed by atoms with Crippen molar-refractivity contribution < 1.29 is 9.18 Å². The third-order valence-corrected chi connectivity index (χ3v) is 5.21. The molecule has 1 N–H and O–H groups in total. The third-order valence-electron chi connectivity index (χ3n) is 4.55. The lowest BCUT2D eigenvalue weighted by molar-refractivity contribution is 0.0558. The van der Waals surface area contributed by atoms with Gasteiger partial charge in [0.25, 0.3) is 5.91 Å². The minimum atomic E-state index is -0.446. The third kappa shape index (κ3) is 2.99. The van der Waals surface area contributed by atoms with Crippen LogP contribution in [0, 0.1) is 5.82 Å². The Bertz CT molecular complexity index is 511. The molecule has 21 heavy (non-hydrogen) atoms. The van der Waals surface area contributed by atoms with Gasteiger partial charge in [0.2, 0.25) is 0 Å². The summed E-state index contributed by atoms with van der Waals surface area (Å²) in [5.74, 6) is -0.628. The van der Waals surface area contributed by atoms with Gasteiger partial charge in [0.1, 0.15) is 5.82 Å². The Morgan fingerprint density at radius 2 is 2.14 bits per heavy atom. The highest BCUT2D eigenvalue weighted by atomic mass is 79.9. The van der Waals surface area contributed by atoms with Crippen LogP contribution in [0.25, 0.3) is 0 Å². The van der Waals surface area contributed by atoms with Crippen molar-refractivity contribution in [3.8, 4) is 0 Å². The van der Waals surface area contributed by atoms with Crippen LogP contribution in [0.3, 0.4) is 0 Å². The monoisotopic (exact) mass is 354 g/mol. The van der Waals surface area contributed by atoms with Gasteiger partial charge in [-0.25, -0.2) is 4.39 Å². The van der Waals surface area contributed by atoms with Crippen molar-refractivity contribution in [3.05, 3.63) is 34.1 Å². The molecule has 3 rings (SSSR count). The summed E-state index contributed by atoms with van der Waals surface area (Å²) >= 11 is 3.31. The van der Waals surface area contributed by atoms with Crippen LogP contribution in [0.1, 0.15) is 42.5 Å². The second-order valence-electron chi connectivity index (χ2n) is 5.86. The lowest BCUT2D eigenvalue weighted by Gasteiger charge is -2.39. The highest BCUT2D eigenvalue weighted by Crippen LogP contribution is 2.28. The zero-order chi connectivity index (χ0) is 14.8. The summed E-state index contributed by atoms with van der Waals surface area (Å²) in [6.45, 7) is 1.75. The highest BCUT2D eigenvalue weighted by molar-refractivity contribution is 9.10. The Morgan fingerprint density at radius 3 is 2.86 bits per heavy atom. The van der Waals surface area contributed by atoms with Gasteiger partial charge in [-0.2, -0.15) is 0 Å². The molecule has 5 heteroatoms. The molecule has 0 spiro atoms. The summed E-state index contributed by atoms with van der Waals surface area (Å²) in [5.41, 5.74) is 0.169. The van der Waals surface area contributed by atoms with Crippen molar-refractivity contribution >= 4 is 21.8 Å². The van der Waals surface area contributed by atoms with Gasteiger partial charge in [0.05, 0.1) is 5.56 Å². The molecule has 0 radical (unpaired) electrons. The van der Waals surface area contributed by atoms with Crippen LogP contribution in [-0.2, 0) is 0 Å². The Hall–Kier alpha value is -0.940.